The number of hydrogen-bond acceptors (Lipinski definition) is 5. The lowest BCUT2D eigenvalue weighted by Crippen LogP contribution is -2.17. The molecule has 1 heterocycles. The molecule has 1 aliphatic carbocycles. The number of hydrogen-bond donors (Lipinski definition) is 1. The molecule has 0 unspecified atom stereocenters. The van der Waals surface area contributed by atoms with Crippen LogP contribution in [0.15, 0.2) is 5.16 Å². The Hall–Kier alpha value is -0.230. The van der Waals surface area contributed by atoms with Crippen LogP contribution in [0, 0.1) is 5.41 Å². The Morgan fingerprint density at radius 2 is 2.27 bits per heavy atom. The third-order valence-corrected chi connectivity index (χ3v) is 4.68. The molecule has 1 fully saturated rings. The molecule has 0 amide bonds. The van der Waals surface area contributed by atoms with Crippen LogP contribution in [0.25, 0.3) is 0 Å². The van der Waals surface area contributed by atoms with Crippen molar-refractivity contribution in [3.05, 3.63) is 0 Å². The minimum atomic E-state index is 0.230. The molecule has 1 aromatic heterocycles. The van der Waals surface area contributed by atoms with Gasteiger partial charge in [0.15, 0.2) is 0 Å². The second kappa shape index (κ2) is 4.33. The van der Waals surface area contributed by atoms with Crippen LogP contribution >= 0.6 is 24.4 Å². The molecule has 0 N–H and O–H groups in total. The zero-order chi connectivity index (χ0) is 10.9. The highest BCUT2D eigenvalue weighted by molar-refractivity contribution is 7.99. The molecule has 15 heavy (non-hydrogen) atoms. The summed E-state index contributed by atoms with van der Waals surface area (Å²) in [6, 6.07) is 0.557. The van der Waals surface area contributed by atoms with Crippen LogP contribution in [0.5, 0.6) is 0 Å². The van der Waals surface area contributed by atoms with Crippen LogP contribution in [0.4, 0.5) is 0 Å². The van der Waals surface area contributed by atoms with Gasteiger partial charge in [-0.05, 0) is 34.4 Å². The average Bonchev–Trinajstić information content (AvgIpc) is 2.95. The lowest BCUT2D eigenvalue weighted by Gasteiger charge is -2.20. The van der Waals surface area contributed by atoms with E-state index in [9.17, 15) is 0 Å². The van der Waals surface area contributed by atoms with Gasteiger partial charge in [0.1, 0.15) is 0 Å². The van der Waals surface area contributed by atoms with E-state index in [0.717, 1.165) is 16.7 Å². The fourth-order valence-corrected chi connectivity index (χ4v) is 2.43. The Labute approximate surface area is 99.6 Å². The predicted octanol–water partition coefficient (Wildman–Crippen LogP) is 2.06. The van der Waals surface area contributed by atoms with Gasteiger partial charge in [-0.1, -0.05) is 25.6 Å². The summed E-state index contributed by atoms with van der Waals surface area (Å²) in [7, 11) is 0. The van der Waals surface area contributed by atoms with Crippen molar-refractivity contribution in [2.45, 2.75) is 37.9 Å². The Morgan fingerprint density at radius 3 is 2.87 bits per heavy atom. The first-order chi connectivity index (χ1) is 7.12. The Kier molecular flexibility index (Phi) is 3.25. The van der Waals surface area contributed by atoms with Crippen molar-refractivity contribution >= 4 is 24.4 Å². The van der Waals surface area contributed by atoms with E-state index in [1.54, 1.807) is 11.8 Å². The number of aromatic nitrogens is 4. The van der Waals surface area contributed by atoms with Crippen LogP contribution in [0.1, 0.15) is 32.7 Å². The van der Waals surface area contributed by atoms with E-state index < -0.39 is 0 Å². The second-order valence-electron chi connectivity index (χ2n) is 4.75. The smallest absolute Gasteiger partial charge is 0.209 e. The molecule has 6 heteroatoms. The maximum absolute atomic E-state index is 4.34. The van der Waals surface area contributed by atoms with Gasteiger partial charge in [-0.15, -0.1) is 5.10 Å². The van der Waals surface area contributed by atoms with Crippen LogP contribution in [-0.2, 0) is 0 Å². The summed E-state index contributed by atoms with van der Waals surface area (Å²) in [6.45, 7) is 4.41. The van der Waals surface area contributed by atoms with Crippen molar-refractivity contribution < 1.29 is 0 Å². The maximum Gasteiger partial charge on any atom is 0.209 e. The van der Waals surface area contributed by atoms with Gasteiger partial charge in [-0.25, -0.2) is 4.68 Å². The fourth-order valence-electron chi connectivity index (χ4n) is 1.13. The monoisotopic (exact) mass is 244 g/mol. The predicted molar refractivity (Wildman–Crippen MR) is 64.4 cm³/mol. The molecule has 0 spiro atoms. The highest BCUT2D eigenvalue weighted by Gasteiger charge is 2.28. The molecule has 84 valence electrons. The first-order valence-electron chi connectivity index (χ1n) is 5.14. The van der Waals surface area contributed by atoms with E-state index in [1.807, 2.05) is 4.68 Å². The number of tetrazole rings is 1. The lowest BCUT2D eigenvalue weighted by atomic mass is 10.0. The zero-order valence-electron chi connectivity index (χ0n) is 9.05. The largest absolute Gasteiger partial charge is 0.217 e. The van der Waals surface area contributed by atoms with Gasteiger partial charge in [0.2, 0.25) is 5.16 Å². The summed E-state index contributed by atoms with van der Waals surface area (Å²) in [4.78, 5) is 0. The molecule has 0 bridgehead atoms. The molecule has 1 aliphatic rings. The van der Waals surface area contributed by atoms with Crippen LogP contribution in [0.2, 0.25) is 0 Å². The lowest BCUT2D eigenvalue weighted by molar-refractivity contribution is 0.491. The van der Waals surface area contributed by atoms with Crippen molar-refractivity contribution in [1.29, 1.82) is 0 Å². The van der Waals surface area contributed by atoms with Gasteiger partial charge in [0, 0.05) is 5.75 Å². The summed E-state index contributed by atoms with van der Waals surface area (Å²) in [5.41, 5.74) is 0.230. The van der Waals surface area contributed by atoms with Crippen LogP contribution < -0.4 is 0 Å². The number of thiol groups is 1. The summed E-state index contributed by atoms with van der Waals surface area (Å²) in [6.07, 6.45) is 2.43. The Bertz CT molecular complexity index is 333. The van der Waals surface area contributed by atoms with E-state index >= 15 is 0 Å². The average molecular weight is 244 g/mol. The van der Waals surface area contributed by atoms with Gasteiger partial charge < -0.3 is 0 Å². The van der Waals surface area contributed by atoms with Gasteiger partial charge >= 0.3 is 0 Å². The summed E-state index contributed by atoms with van der Waals surface area (Å²) in [5, 5.41) is 12.8. The molecule has 0 radical (unpaired) electrons. The van der Waals surface area contributed by atoms with Gasteiger partial charge in [0.05, 0.1) is 6.04 Å². The third-order valence-electron chi connectivity index (χ3n) is 2.38. The van der Waals surface area contributed by atoms with Gasteiger partial charge in [-0.3, -0.25) is 0 Å². The number of nitrogens with zero attached hydrogens (tertiary/aromatic N) is 4. The molecule has 0 aliphatic heterocycles. The molecule has 4 nitrogen and oxygen atoms in total. The molecular weight excluding hydrogens is 228 g/mol. The SMILES string of the molecule is CC(C)(CS)CSc1nnnn1C1CC1. The van der Waals surface area contributed by atoms with Crippen molar-refractivity contribution in [1.82, 2.24) is 20.2 Å². The third kappa shape index (κ3) is 2.87. The van der Waals surface area contributed by atoms with E-state index in [2.05, 4.69) is 42.0 Å². The topological polar surface area (TPSA) is 43.6 Å². The van der Waals surface area contributed by atoms with Crippen LogP contribution in [-0.4, -0.2) is 31.7 Å². The Balaban J connectivity index is 1.95. The van der Waals surface area contributed by atoms with E-state index in [0.29, 0.717) is 6.04 Å². The fraction of sp³-hybridized carbons (Fsp3) is 0.889. The minimum Gasteiger partial charge on any atom is -0.217 e. The van der Waals surface area contributed by atoms with E-state index in [-0.39, 0.29) is 5.41 Å². The highest BCUT2D eigenvalue weighted by Crippen LogP contribution is 2.37. The van der Waals surface area contributed by atoms with Crippen molar-refractivity contribution in [2.24, 2.45) is 5.41 Å². The van der Waals surface area contributed by atoms with Gasteiger partial charge in [-0.2, -0.15) is 12.6 Å². The normalized spacial score (nSPS) is 17.0. The molecular formula is C9H16N4S2. The maximum atomic E-state index is 4.34. The van der Waals surface area contributed by atoms with E-state index in [4.69, 9.17) is 0 Å². The highest BCUT2D eigenvalue weighted by atomic mass is 32.2. The first-order valence-corrected chi connectivity index (χ1v) is 6.76. The second-order valence-corrected chi connectivity index (χ2v) is 6.01. The van der Waals surface area contributed by atoms with Crippen molar-refractivity contribution in [3.8, 4) is 0 Å². The first kappa shape index (κ1) is 11.3. The molecule has 0 aromatic carbocycles. The van der Waals surface area contributed by atoms with E-state index in [1.165, 1.54) is 12.8 Å². The molecule has 0 atom stereocenters. The summed E-state index contributed by atoms with van der Waals surface area (Å²) >= 11 is 6.07. The quantitative estimate of drug-likeness (QED) is 0.636. The number of thioether (sulfide) groups is 1. The molecule has 1 aromatic rings. The minimum absolute atomic E-state index is 0.230. The summed E-state index contributed by atoms with van der Waals surface area (Å²) in [5.74, 6) is 1.88. The zero-order valence-corrected chi connectivity index (χ0v) is 10.8. The Morgan fingerprint density at radius 1 is 1.53 bits per heavy atom. The van der Waals surface area contributed by atoms with Crippen LogP contribution in [0.3, 0.4) is 0 Å². The van der Waals surface area contributed by atoms with Crippen molar-refractivity contribution in [2.75, 3.05) is 11.5 Å². The molecule has 1 saturated carbocycles. The molecule has 0 saturated heterocycles. The van der Waals surface area contributed by atoms with Gasteiger partial charge in [0.25, 0.3) is 0 Å². The van der Waals surface area contributed by atoms with Crippen molar-refractivity contribution in [3.63, 3.8) is 0 Å². The standard InChI is InChI=1S/C9H16N4S2/c1-9(2,5-14)6-15-8-10-11-12-13(8)7-3-4-7/h7,14H,3-6H2,1-2H3. The number of rotatable bonds is 5. The summed E-state index contributed by atoms with van der Waals surface area (Å²) < 4.78 is 1.96. The molecule has 2 rings (SSSR count).